The van der Waals surface area contributed by atoms with E-state index < -0.39 is 0 Å². The average Bonchev–Trinajstić information content (AvgIpc) is 2.85. The van der Waals surface area contributed by atoms with Crippen molar-refractivity contribution in [2.75, 3.05) is 7.11 Å². The lowest BCUT2D eigenvalue weighted by Crippen LogP contribution is -2.14. The van der Waals surface area contributed by atoms with Crippen molar-refractivity contribution in [3.8, 4) is 16.9 Å². The van der Waals surface area contributed by atoms with Gasteiger partial charge in [0.15, 0.2) is 0 Å². The molecule has 0 aromatic heterocycles. The Bertz CT molecular complexity index is 677. The van der Waals surface area contributed by atoms with Crippen LogP contribution in [0, 0.1) is 5.92 Å². The highest BCUT2D eigenvalue weighted by molar-refractivity contribution is 5.78. The van der Waals surface area contributed by atoms with E-state index in [4.69, 9.17) is 4.74 Å². The van der Waals surface area contributed by atoms with Crippen molar-refractivity contribution in [1.82, 2.24) is 0 Å². The summed E-state index contributed by atoms with van der Waals surface area (Å²) in [6, 6.07) is 13.1. The first-order valence-corrected chi connectivity index (χ1v) is 8.20. The molecule has 0 bridgehead atoms. The van der Waals surface area contributed by atoms with Gasteiger partial charge in [-0.1, -0.05) is 64.1 Å². The van der Waals surface area contributed by atoms with E-state index in [2.05, 4.69) is 64.1 Å². The molecule has 1 unspecified atom stereocenters. The first-order valence-electron chi connectivity index (χ1n) is 8.20. The molecule has 1 aliphatic rings. The molecule has 0 radical (unpaired) electrons. The third kappa shape index (κ3) is 2.54. The predicted molar refractivity (Wildman–Crippen MR) is 93.7 cm³/mol. The fraction of sp³-hybridized carbons (Fsp3) is 0.429. The minimum Gasteiger partial charge on any atom is -0.496 e. The van der Waals surface area contributed by atoms with Crippen LogP contribution in [0.1, 0.15) is 44.4 Å². The normalized spacial score (nSPS) is 17.4. The average molecular weight is 294 g/mol. The highest BCUT2D eigenvalue weighted by Gasteiger charge is 2.30. The quantitative estimate of drug-likeness (QED) is 0.721. The Morgan fingerprint density at radius 3 is 2.32 bits per heavy atom. The van der Waals surface area contributed by atoms with Crippen molar-refractivity contribution in [3.05, 3.63) is 53.1 Å². The van der Waals surface area contributed by atoms with E-state index in [0.29, 0.717) is 0 Å². The number of hydrogen-bond acceptors (Lipinski definition) is 1. The molecule has 1 aliphatic carbocycles. The van der Waals surface area contributed by atoms with Crippen LogP contribution in [-0.2, 0) is 18.3 Å². The Balaban J connectivity index is 2.33. The zero-order valence-electron chi connectivity index (χ0n) is 14.4. The highest BCUT2D eigenvalue weighted by atomic mass is 16.5. The first-order chi connectivity index (χ1) is 10.4. The van der Waals surface area contributed by atoms with Gasteiger partial charge in [0.25, 0.3) is 0 Å². The molecule has 2 aromatic rings. The lowest BCUT2D eigenvalue weighted by molar-refractivity contribution is 0.398. The predicted octanol–water partition coefficient (Wildman–Crippen LogP) is 5.39. The molecule has 0 heterocycles. The van der Waals surface area contributed by atoms with Crippen molar-refractivity contribution < 1.29 is 4.74 Å². The molecule has 3 rings (SSSR count). The monoisotopic (exact) mass is 294 g/mol. The Labute approximate surface area is 134 Å². The molecule has 0 fully saturated rings. The second-order valence-electron chi connectivity index (χ2n) is 7.60. The molecule has 2 aromatic carbocycles. The van der Waals surface area contributed by atoms with Gasteiger partial charge in [-0.25, -0.2) is 0 Å². The summed E-state index contributed by atoms with van der Waals surface area (Å²) < 4.78 is 5.92. The number of fused-ring (bicyclic) bond motifs is 1. The van der Waals surface area contributed by atoms with E-state index in [1.807, 2.05) is 7.11 Å². The lowest BCUT2D eigenvalue weighted by Gasteiger charge is -2.26. The molecule has 0 aliphatic heterocycles. The molecule has 1 nitrogen and oxygen atoms in total. The SMILES string of the molecule is COc1c(C(C)(C)C)cc2c(c1-c1ccccc1)CC(C)C2. The van der Waals surface area contributed by atoms with E-state index in [0.717, 1.165) is 18.1 Å². The smallest absolute Gasteiger partial charge is 0.130 e. The molecule has 22 heavy (non-hydrogen) atoms. The van der Waals surface area contributed by atoms with Gasteiger partial charge in [-0.2, -0.15) is 0 Å². The lowest BCUT2D eigenvalue weighted by atomic mass is 9.81. The molecular weight excluding hydrogens is 268 g/mol. The summed E-state index contributed by atoms with van der Waals surface area (Å²) in [6.07, 6.45) is 2.34. The van der Waals surface area contributed by atoms with Crippen LogP contribution in [0.5, 0.6) is 5.75 Å². The molecule has 1 heteroatoms. The van der Waals surface area contributed by atoms with E-state index in [1.54, 1.807) is 0 Å². The highest BCUT2D eigenvalue weighted by Crippen LogP contribution is 2.46. The van der Waals surface area contributed by atoms with E-state index in [-0.39, 0.29) is 5.41 Å². The number of benzene rings is 2. The van der Waals surface area contributed by atoms with Crippen molar-refractivity contribution in [2.45, 2.75) is 46.0 Å². The third-order valence-electron chi connectivity index (χ3n) is 4.68. The van der Waals surface area contributed by atoms with Crippen LogP contribution >= 0.6 is 0 Å². The van der Waals surface area contributed by atoms with Gasteiger partial charge < -0.3 is 4.74 Å². The van der Waals surface area contributed by atoms with Crippen LogP contribution in [0.25, 0.3) is 11.1 Å². The van der Waals surface area contributed by atoms with Gasteiger partial charge in [0.1, 0.15) is 5.75 Å². The Kier molecular flexibility index (Phi) is 3.76. The maximum atomic E-state index is 5.92. The van der Waals surface area contributed by atoms with Gasteiger partial charge in [0.2, 0.25) is 0 Å². The van der Waals surface area contributed by atoms with Crippen molar-refractivity contribution in [3.63, 3.8) is 0 Å². The van der Waals surface area contributed by atoms with Gasteiger partial charge >= 0.3 is 0 Å². The van der Waals surface area contributed by atoms with Crippen molar-refractivity contribution in [1.29, 1.82) is 0 Å². The molecule has 0 N–H and O–H groups in total. The van der Waals surface area contributed by atoms with Crippen LogP contribution in [0.2, 0.25) is 0 Å². The van der Waals surface area contributed by atoms with Gasteiger partial charge in [0.05, 0.1) is 7.11 Å². The Morgan fingerprint density at radius 2 is 1.73 bits per heavy atom. The molecular formula is C21H26O. The van der Waals surface area contributed by atoms with E-state index >= 15 is 0 Å². The fourth-order valence-corrected chi connectivity index (χ4v) is 3.65. The summed E-state index contributed by atoms with van der Waals surface area (Å²) >= 11 is 0. The van der Waals surface area contributed by atoms with Crippen LogP contribution in [0.3, 0.4) is 0 Å². The fourth-order valence-electron chi connectivity index (χ4n) is 3.65. The van der Waals surface area contributed by atoms with E-state index in [9.17, 15) is 0 Å². The van der Waals surface area contributed by atoms with Gasteiger partial charge in [-0.3, -0.25) is 0 Å². The second kappa shape index (κ2) is 5.46. The maximum absolute atomic E-state index is 5.92. The Hall–Kier alpha value is -1.76. The summed E-state index contributed by atoms with van der Waals surface area (Å²) in [4.78, 5) is 0. The van der Waals surface area contributed by atoms with Crippen molar-refractivity contribution >= 4 is 0 Å². The number of ether oxygens (including phenoxy) is 1. The summed E-state index contributed by atoms with van der Waals surface area (Å²) in [5.41, 5.74) is 6.99. The van der Waals surface area contributed by atoms with Crippen LogP contribution < -0.4 is 4.74 Å². The topological polar surface area (TPSA) is 9.23 Å². The first kappa shape index (κ1) is 15.1. The zero-order valence-corrected chi connectivity index (χ0v) is 14.4. The van der Waals surface area contributed by atoms with Gasteiger partial charge in [-0.15, -0.1) is 0 Å². The molecule has 0 saturated carbocycles. The largest absolute Gasteiger partial charge is 0.496 e. The standard InChI is InChI=1S/C21H26O/c1-14-11-16-13-18(21(2,3)4)20(22-5)19(17(16)12-14)15-9-7-6-8-10-15/h6-10,13-14H,11-12H2,1-5H3. The summed E-state index contributed by atoms with van der Waals surface area (Å²) in [5, 5.41) is 0. The zero-order chi connectivity index (χ0) is 15.9. The maximum Gasteiger partial charge on any atom is 0.130 e. The van der Waals surface area contributed by atoms with Gasteiger partial charge in [-0.05, 0) is 40.9 Å². The Morgan fingerprint density at radius 1 is 1.05 bits per heavy atom. The summed E-state index contributed by atoms with van der Waals surface area (Å²) in [5.74, 6) is 1.78. The van der Waals surface area contributed by atoms with Crippen LogP contribution in [0.4, 0.5) is 0 Å². The van der Waals surface area contributed by atoms with Crippen LogP contribution in [0.15, 0.2) is 36.4 Å². The second-order valence-corrected chi connectivity index (χ2v) is 7.60. The van der Waals surface area contributed by atoms with E-state index in [1.165, 1.54) is 34.2 Å². The van der Waals surface area contributed by atoms with Crippen LogP contribution in [-0.4, -0.2) is 7.11 Å². The van der Waals surface area contributed by atoms with Crippen molar-refractivity contribution in [2.24, 2.45) is 5.92 Å². The molecule has 116 valence electrons. The molecule has 0 saturated heterocycles. The number of hydrogen-bond donors (Lipinski definition) is 0. The number of methoxy groups -OCH3 is 1. The molecule has 0 spiro atoms. The summed E-state index contributed by atoms with van der Waals surface area (Å²) in [6.45, 7) is 9.15. The minimum absolute atomic E-state index is 0.0791. The summed E-state index contributed by atoms with van der Waals surface area (Å²) in [7, 11) is 1.81. The molecule has 0 amide bonds. The van der Waals surface area contributed by atoms with Gasteiger partial charge in [0, 0.05) is 11.1 Å². The third-order valence-corrected chi connectivity index (χ3v) is 4.68. The number of rotatable bonds is 2. The molecule has 1 atom stereocenters. The minimum atomic E-state index is 0.0791.